The molecule has 1 aliphatic heterocycles. The monoisotopic (exact) mass is 464 g/mol. The number of rotatable bonds is 6. The Bertz CT molecular complexity index is 1190. The quantitative estimate of drug-likeness (QED) is 0.595. The summed E-state index contributed by atoms with van der Waals surface area (Å²) in [6, 6.07) is 8.46. The third-order valence-electron chi connectivity index (χ3n) is 7.07. The summed E-state index contributed by atoms with van der Waals surface area (Å²) in [4.78, 5) is 35.1. The lowest BCUT2D eigenvalue weighted by atomic mass is 9.87. The van der Waals surface area contributed by atoms with Crippen molar-refractivity contribution in [3.05, 3.63) is 51.6 Å². The first kappa shape index (κ1) is 24.1. The zero-order valence-electron chi connectivity index (χ0n) is 21.0. The summed E-state index contributed by atoms with van der Waals surface area (Å²) in [6.45, 7) is 12.6. The smallest absolute Gasteiger partial charge is 0.281 e. The average molecular weight is 465 g/mol. The van der Waals surface area contributed by atoms with Crippen LogP contribution in [0.3, 0.4) is 0 Å². The van der Waals surface area contributed by atoms with Crippen LogP contribution < -0.4 is 5.56 Å². The molecule has 0 aliphatic carbocycles. The van der Waals surface area contributed by atoms with Gasteiger partial charge in [-0.1, -0.05) is 64.1 Å². The summed E-state index contributed by atoms with van der Waals surface area (Å²) in [5, 5.41) is 8.30. The van der Waals surface area contributed by atoms with Crippen molar-refractivity contribution in [3.8, 4) is 0 Å². The Hall–Kier alpha value is -3.03. The minimum Gasteiger partial charge on any atom is -0.342 e. The molecule has 1 fully saturated rings. The fraction of sp³-hybridized carbons (Fsp3) is 0.577. The molecule has 4 rings (SSSR count). The first-order chi connectivity index (χ1) is 16.2. The number of carbonyl (C=O) groups is 1. The van der Waals surface area contributed by atoms with Gasteiger partial charge in [0.1, 0.15) is 5.82 Å². The fourth-order valence-electron chi connectivity index (χ4n) is 4.74. The average Bonchev–Trinajstić information content (AvgIpc) is 3.23. The van der Waals surface area contributed by atoms with Crippen molar-refractivity contribution >= 4 is 17.1 Å². The summed E-state index contributed by atoms with van der Waals surface area (Å²) in [5.41, 5.74) is 2.95. The highest BCUT2D eigenvalue weighted by atomic mass is 16.2. The molecule has 1 amide bonds. The van der Waals surface area contributed by atoms with Crippen molar-refractivity contribution in [3.63, 3.8) is 0 Å². The number of piperidine rings is 1. The normalized spacial score (nSPS) is 15.4. The van der Waals surface area contributed by atoms with Gasteiger partial charge in [-0.3, -0.25) is 9.59 Å². The molecule has 0 saturated carbocycles. The Morgan fingerprint density at radius 3 is 2.35 bits per heavy atom. The van der Waals surface area contributed by atoms with E-state index in [0.29, 0.717) is 31.1 Å². The van der Waals surface area contributed by atoms with Gasteiger partial charge in [-0.2, -0.15) is 0 Å². The molecule has 0 bridgehead atoms. The Morgan fingerprint density at radius 2 is 1.76 bits per heavy atom. The van der Waals surface area contributed by atoms with Crippen molar-refractivity contribution in [2.24, 2.45) is 5.92 Å². The summed E-state index contributed by atoms with van der Waals surface area (Å²) in [6.07, 6.45) is 3.32. The standard InChI is InChI=1S/C26H36N6O2/c1-6-18(7-2)25(34)31-14-12-19(13-15-31)22-27-23-21(24(33)28-22)29-30-32(23)16-17-8-10-20(11-9-17)26(3,4)5/h8-11,18-19H,6-7,12-16H2,1-5H3,(H,27,28,33). The van der Waals surface area contributed by atoms with Gasteiger partial charge in [0.25, 0.3) is 5.56 Å². The van der Waals surface area contributed by atoms with E-state index in [9.17, 15) is 9.59 Å². The molecule has 182 valence electrons. The molecule has 8 nitrogen and oxygen atoms in total. The number of nitrogens with zero attached hydrogens (tertiary/aromatic N) is 5. The highest BCUT2D eigenvalue weighted by Gasteiger charge is 2.29. The molecular formula is C26H36N6O2. The maximum atomic E-state index is 12.7. The van der Waals surface area contributed by atoms with E-state index in [2.05, 4.69) is 74.2 Å². The maximum absolute atomic E-state index is 12.7. The number of hydrogen-bond acceptors (Lipinski definition) is 5. The van der Waals surface area contributed by atoms with E-state index in [1.54, 1.807) is 4.68 Å². The summed E-state index contributed by atoms with van der Waals surface area (Å²) in [5.74, 6) is 1.12. The van der Waals surface area contributed by atoms with Gasteiger partial charge >= 0.3 is 0 Å². The van der Waals surface area contributed by atoms with E-state index in [1.165, 1.54) is 5.56 Å². The van der Waals surface area contributed by atoms with Crippen LogP contribution in [0.1, 0.15) is 83.2 Å². The number of carbonyl (C=O) groups excluding carboxylic acids is 1. The van der Waals surface area contributed by atoms with E-state index >= 15 is 0 Å². The molecule has 8 heteroatoms. The number of amides is 1. The molecule has 0 atom stereocenters. The van der Waals surface area contributed by atoms with Crippen LogP contribution in [0.15, 0.2) is 29.1 Å². The Labute approximate surface area is 200 Å². The molecule has 0 spiro atoms. The van der Waals surface area contributed by atoms with Gasteiger partial charge in [-0.25, -0.2) is 9.67 Å². The molecule has 34 heavy (non-hydrogen) atoms. The first-order valence-corrected chi connectivity index (χ1v) is 12.4. The molecule has 1 saturated heterocycles. The van der Waals surface area contributed by atoms with Crippen molar-refractivity contribution in [1.82, 2.24) is 29.9 Å². The highest BCUT2D eigenvalue weighted by Crippen LogP contribution is 2.27. The number of hydrogen-bond donors (Lipinski definition) is 1. The van der Waals surface area contributed by atoms with Crippen LogP contribution in [0, 0.1) is 5.92 Å². The number of nitrogens with one attached hydrogen (secondary N) is 1. The van der Waals surface area contributed by atoms with Gasteiger partial charge in [0.15, 0.2) is 11.2 Å². The Balaban J connectivity index is 1.52. The van der Waals surface area contributed by atoms with Crippen LogP contribution in [-0.2, 0) is 16.8 Å². The number of fused-ring (bicyclic) bond motifs is 1. The lowest BCUT2D eigenvalue weighted by Crippen LogP contribution is -2.41. The lowest BCUT2D eigenvalue weighted by molar-refractivity contribution is -0.136. The molecule has 0 unspecified atom stereocenters. The number of aromatic nitrogens is 5. The number of H-pyrrole nitrogens is 1. The van der Waals surface area contributed by atoms with E-state index < -0.39 is 0 Å². The molecule has 1 aliphatic rings. The summed E-state index contributed by atoms with van der Waals surface area (Å²) in [7, 11) is 0. The maximum Gasteiger partial charge on any atom is 0.281 e. The second-order valence-electron chi connectivity index (χ2n) is 10.4. The zero-order chi connectivity index (χ0) is 24.5. The third kappa shape index (κ3) is 4.91. The molecule has 0 radical (unpaired) electrons. The largest absolute Gasteiger partial charge is 0.342 e. The summed E-state index contributed by atoms with van der Waals surface area (Å²) >= 11 is 0. The van der Waals surface area contributed by atoms with Gasteiger partial charge in [-0.05, 0) is 42.2 Å². The minimum atomic E-state index is -0.259. The number of likely N-dealkylation sites (tertiary alicyclic amines) is 1. The topological polar surface area (TPSA) is 96.8 Å². The second kappa shape index (κ2) is 9.68. The number of benzene rings is 1. The van der Waals surface area contributed by atoms with Crippen LogP contribution in [0.2, 0.25) is 0 Å². The van der Waals surface area contributed by atoms with Gasteiger partial charge in [0.2, 0.25) is 5.91 Å². The molecule has 3 aromatic rings. The SMILES string of the molecule is CCC(CC)C(=O)N1CCC(c2nc3c(nnn3Cc3ccc(C(C)(C)C)cc3)c(=O)[nH]2)CC1. The molecule has 1 N–H and O–H groups in total. The molecule has 1 aromatic carbocycles. The predicted octanol–water partition coefficient (Wildman–Crippen LogP) is 4.00. The van der Waals surface area contributed by atoms with Crippen LogP contribution in [0.25, 0.3) is 11.2 Å². The second-order valence-corrected chi connectivity index (χ2v) is 10.4. The molecular weight excluding hydrogens is 428 g/mol. The van der Waals surface area contributed by atoms with Crippen molar-refractivity contribution in [2.75, 3.05) is 13.1 Å². The van der Waals surface area contributed by atoms with E-state index in [4.69, 9.17) is 4.98 Å². The zero-order valence-corrected chi connectivity index (χ0v) is 21.0. The van der Waals surface area contributed by atoms with Crippen LogP contribution in [0.5, 0.6) is 0 Å². The molecule has 3 heterocycles. The van der Waals surface area contributed by atoms with Crippen molar-refractivity contribution in [2.45, 2.75) is 78.2 Å². The van der Waals surface area contributed by atoms with Gasteiger partial charge in [0, 0.05) is 24.9 Å². The third-order valence-corrected chi connectivity index (χ3v) is 7.07. The van der Waals surface area contributed by atoms with Gasteiger partial charge < -0.3 is 9.88 Å². The predicted molar refractivity (Wildman–Crippen MR) is 133 cm³/mol. The van der Waals surface area contributed by atoms with Crippen LogP contribution in [0.4, 0.5) is 0 Å². The molecule has 2 aromatic heterocycles. The summed E-state index contributed by atoms with van der Waals surface area (Å²) < 4.78 is 1.70. The van der Waals surface area contributed by atoms with Crippen molar-refractivity contribution in [1.29, 1.82) is 0 Å². The van der Waals surface area contributed by atoms with E-state index in [1.807, 2.05) is 4.90 Å². The lowest BCUT2D eigenvalue weighted by Gasteiger charge is -2.33. The number of aromatic amines is 1. The highest BCUT2D eigenvalue weighted by molar-refractivity contribution is 5.78. The van der Waals surface area contributed by atoms with E-state index in [-0.39, 0.29) is 34.2 Å². The minimum absolute atomic E-state index is 0.0937. The van der Waals surface area contributed by atoms with Crippen molar-refractivity contribution < 1.29 is 4.79 Å². The van der Waals surface area contributed by atoms with E-state index in [0.717, 1.165) is 31.2 Å². The first-order valence-electron chi connectivity index (χ1n) is 12.4. The van der Waals surface area contributed by atoms with Gasteiger partial charge in [0.05, 0.1) is 6.54 Å². The van der Waals surface area contributed by atoms with Crippen LogP contribution >= 0.6 is 0 Å². The van der Waals surface area contributed by atoms with Crippen LogP contribution in [-0.4, -0.2) is 48.9 Å². The fourth-order valence-corrected chi connectivity index (χ4v) is 4.74. The Morgan fingerprint density at radius 1 is 1.12 bits per heavy atom. The Kier molecular flexibility index (Phi) is 6.86. The van der Waals surface area contributed by atoms with Gasteiger partial charge in [-0.15, -0.1) is 5.10 Å².